The number of nitrogens with two attached hydrogens (primary N) is 1. The van der Waals surface area contributed by atoms with E-state index in [2.05, 4.69) is 25.8 Å². The molecule has 0 aliphatic heterocycles. The summed E-state index contributed by atoms with van der Waals surface area (Å²) in [7, 11) is 1.51. The van der Waals surface area contributed by atoms with Crippen molar-refractivity contribution in [3.8, 4) is 11.4 Å². The largest absolute Gasteiger partial charge is 0.495 e. The first kappa shape index (κ1) is 17.7. The molecule has 0 aliphatic carbocycles. The van der Waals surface area contributed by atoms with Gasteiger partial charge in [-0.2, -0.15) is 5.10 Å². The third-order valence-electron chi connectivity index (χ3n) is 3.05. The molecule has 0 bridgehead atoms. The molecule has 2 rings (SSSR count). The third-order valence-corrected chi connectivity index (χ3v) is 3.71. The normalized spacial score (nSPS) is 11.4. The minimum absolute atomic E-state index is 0.0366. The summed E-state index contributed by atoms with van der Waals surface area (Å²) in [6.07, 6.45) is 0.515. The molecule has 8 nitrogen and oxygen atoms in total. The number of carbonyl (C=O) groups excluding carboxylic acids is 1. The zero-order valence-corrected chi connectivity index (χ0v) is 14.2. The van der Waals surface area contributed by atoms with Gasteiger partial charge in [-0.15, -0.1) is 0 Å². The van der Waals surface area contributed by atoms with Crippen LogP contribution >= 0.6 is 15.9 Å². The second kappa shape index (κ2) is 7.77. The van der Waals surface area contributed by atoms with E-state index >= 15 is 0 Å². The Morgan fingerprint density at radius 1 is 1.50 bits per heavy atom. The Hall–Kier alpha value is -2.62. The maximum absolute atomic E-state index is 12.8. The zero-order valence-electron chi connectivity index (χ0n) is 12.6. The van der Waals surface area contributed by atoms with Gasteiger partial charge in [0, 0.05) is 11.6 Å². The Bertz CT molecular complexity index is 830. The van der Waals surface area contributed by atoms with Gasteiger partial charge in [0.15, 0.2) is 0 Å². The van der Waals surface area contributed by atoms with Crippen LogP contribution in [0.4, 0.5) is 9.18 Å². The molecule has 128 valence electrons. The fourth-order valence-corrected chi connectivity index (χ4v) is 2.30. The summed E-state index contributed by atoms with van der Waals surface area (Å²) in [5.41, 5.74) is 4.90. The topological polar surface area (TPSA) is 101 Å². The fraction of sp³-hybridized carbons (Fsp3) is 0.214. The van der Waals surface area contributed by atoms with E-state index in [4.69, 9.17) is 10.5 Å². The molecule has 0 radical (unpaired) electrons. The molecule has 0 aliphatic rings. The Kier molecular flexibility index (Phi) is 5.74. The minimum Gasteiger partial charge on any atom is -0.495 e. The summed E-state index contributed by atoms with van der Waals surface area (Å²) in [5.74, 6) is 0.548. The van der Waals surface area contributed by atoms with Crippen LogP contribution in [0.1, 0.15) is 0 Å². The highest BCUT2D eigenvalue weighted by Crippen LogP contribution is 2.26. The van der Waals surface area contributed by atoms with E-state index in [1.54, 1.807) is 18.2 Å². The molecule has 2 N–H and O–H groups in total. The van der Waals surface area contributed by atoms with E-state index in [9.17, 15) is 14.0 Å². The van der Waals surface area contributed by atoms with Crippen molar-refractivity contribution in [2.45, 2.75) is 6.54 Å². The molecule has 0 spiro atoms. The van der Waals surface area contributed by atoms with Gasteiger partial charge in [-0.05, 0) is 28.1 Å². The first-order valence-electron chi connectivity index (χ1n) is 6.65. The number of halogens is 2. The van der Waals surface area contributed by atoms with Crippen LogP contribution in [0.3, 0.4) is 0 Å². The second-order valence-electron chi connectivity index (χ2n) is 4.64. The van der Waals surface area contributed by atoms with Gasteiger partial charge in [-0.25, -0.2) is 23.2 Å². The van der Waals surface area contributed by atoms with Crippen molar-refractivity contribution in [1.82, 2.24) is 14.3 Å². The van der Waals surface area contributed by atoms with Crippen molar-refractivity contribution in [3.63, 3.8) is 0 Å². The average molecular weight is 401 g/mol. The van der Waals surface area contributed by atoms with E-state index in [-0.39, 0.29) is 25.1 Å². The number of rotatable bonds is 6. The maximum Gasteiger partial charge on any atom is 0.404 e. The first-order valence-corrected chi connectivity index (χ1v) is 7.44. The quantitative estimate of drug-likeness (QED) is 0.795. The molecule has 10 heteroatoms. The molecule has 1 aromatic carbocycles. The lowest BCUT2D eigenvalue weighted by atomic mass is 10.3. The van der Waals surface area contributed by atoms with Crippen LogP contribution < -0.4 is 16.2 Å². The average Bonchev–Trinajstić information content (AvgIpc) is 2.92. The summed E-state index contributed by atoms with van der Waals surface area (Å²) in [5, 5.41) is 3.92. The number of aromatic nitrogens is 3. The number of nitrogens with zero attached hydrogens (tertiary/aromatic N) is 3. The molecule has 1 heterocycles. The van der Waals surface area contributed by atoms with Crippen molar-refractivity contribution >= 4 is 22.0 Å². The Morgan fingerprint density at radius 2 is 2.25 bits per heavy atom. The number of hydrogen-bond donors (Lipinski definition) is 1. The number of methoxy groups -OCH3 is 1. The summed E-state index contributed by atoms with van der Waals surface area (Å²) in [6, 6.07) is 5.08. The van der Waals surface area contributed by atoms with Crippen LogP contribution in [-0.4, -0.2) is 34.2 Å². The monoisotopic (exact) mass is 400 g/mol. The first-order chi connectivity index (χ1) is 11.5. The van der Waals surface area contributed by atoms with Gasteiger partial charge in [0.1, 0.15) is 18.7 Å². The van der Waals surface area contributed by atoms with Crippen molar-refractivity contribution in [2.24, 2.45) is 5.73 Å². The number of ether oxygens (including phenoxy) is 2. The fourth-order valence-electron chi connectivity index (χ4n) is 1.89. The Labute approximate surface area is 144 Å². The molecule has 1 amide bonds. The Balaban J connectivity index is 2.25. The van der Waals surface area contributed by atoms with E-state index in [0.29, 0.717) is 11.4 Å². The van der Waals surface area contributed by atoms with Gasteiger partial charge >= 0.3 is 11.8 Å². The molecule has 0 unspecified atom stereocenters. The molecule has 24 heavy (non-hydrogen) atoms. The highest BCUT2D eigenvalue weighted by molar-refractivity contribution is 9.10. The highest BCUT2D eigenvalue weighted by Gasteiger charge is 2.11. The van der Waals surface area contributed by atoms with Crippen molar-refractivity contribution < 1.29 is 18.7 Å². The SMILES string of the molecule is COc1cc(-n2cnn(C/C(=C\F)COC(N)=O)c2=O)ccc1Br. The molecule has 0 saturated heterocycles. The third kappa shape index (κ3) is 4.02. The van der Waals surface area contributed by atoms with E-state index in [1.807, 2.05) is 0 Å². The van der Waals surface area contributed by atoms with Gasteiger partial charge in [-0.3, -0.25) is 0 Å². The lowest BCUT2D eigenvalue weighted by Gasteiger charge is -2.07. The van der Waals surface area contributed by atoms with E-state index in [0.717, 1.165) is 9.15 Å². The van der Waals surface area contributed by atoms with Gasteiger partial charge in [0.05, 0.1) is 30.1 Å². The lowest BCUT2D eigenvalue weighted by molar-refractivity contribution is 0.164. The van der Waals surface area contributed by atoms with Crippen molar-refractivity contribution in [3.05, 3.63) is 51.4 Å². The van der Waals surface area contributed by atoms with E-state index in [1.165, 1.54) is 18.0 Å². The predicted octanol–water partition coefficient (Wildman–Crippen LogP) is 1.75. The number of hydrogen-bond acceptors (Lipinski definition) is 5. The molecular weight excluding hydrogens is 387 g/mol. The van der Waals surface area contributed by atoms with Gasteiger partial charge < -0.3 is 15.2 Å². The standard InChI is InChI=1S/C14H14BrFN4O4/c1-23-12-4-10(2-3-11(12)15)19-8-18-20(14(19)22)6-9(5-16)7-24-13(17)21/h2-5,8H,6-7H2,1H3,(H2,17,21)/b9-5+. The van der Waals surface area contributed by atoms with Crippen LogP contribution in [0.2, 0.25) is 0 Å². The second-order valence-corrected chi connectivity index (χ2v) is 5.49. The number of amides is 1. The van der Waals surface area contributed by atoms with E-state index < -0.39 is 11.8 Å². The summed E-state index contributed by atoms with van der Waals surface area (Å²) in [6.45, 7) is -0.541. The summed E-state index contributed by atoms with van der Waals surface area (Å²) < 4.78 is 25.6. The summed E-state index contributed by atoms with van der Waals surface area (Å²) >= 11 is 3.32. The van der Waals surface area contributed by atoms with Crippen LogP contribution in [0.5, 0.6) is 5.75 Å². The van der Waals surface area contributed by atoms with Crippen LogP contribution in [-0.2, 0) is 11.3 Å². The number of primary amides is 1. The molecule has 2 aromatic rings. The van der Waals surface area contributed by atoms with Crippen molar-refractivity contribution in [1.29, 1.82) is 0 Å². The molecule has 1 aromatic heterocycles. The molecule has 0 atom stereocenters. The lowest BCUT2D eigenvalue weighted by Crippen LogP contribution is -2.26. The maximum atomic E-state index is 12.8. The van der Waals surface area contributed by atoms with Gasteiger partial charge in [0.2, 0.25) is 0 Å². The predicted molar refractivity (Wildman–Crippen MR) is 86.8 cm³/mol. The van der Waals surface area contributed by atoms with Gasteiger partial charge in [0.25, 0.3) is 0 Å². The van der Waals surface area contributed by atoms with Crippen LogP contribution in [0.25, 0.3) is 5.69 Å². The van der Waals surface area contributed by atoms with Crippen LogP contribution in [0, 0.1) is 0 Å². The number of carbonyl (C=O) groups is 1. The summed E-state index contributed by atoms with van der Waals surface area (Å²) in [4.78, 5) is 22.9. The van der Waals surface area contributed by atoms with Crippen LogP contribution in [0.15, 0.2) is 45.7 Å². The highest BCUT2D eigenvalue weighted by atomic mass is 79.9. The Morgan fingerprint density at radius 3 is 2.88 bits per heavy atom. The molecule has 0 saturated carbocycles. The van der Waals surface area contributed by atoms with Crippen molar-refractivity contribution in [2.75, 3.05) is 13.7 Å². The number of benzene rings is 1. The minimum atomic E-state index is -1.03. The molecule has 0 fully saturated rings. The van der Waals surface area contributed by atoms with Gasteiger partial charge in [-0.1, -0.05) is 0 Å². The zero-order chi connectivity index (χ0) is 17.7. The molecular formula is C14H14BrFN4O4. The smallest absolute Gasteiger partial charge is 0.404 e.